The van der Waals surface area contributed by atoms with E-state index < -0.39 is 0 Å². The zero-order valence-electron chi connectivity index (χ0n) is 15.2. The van der Waals surface area contributed by atoms with Crippen LogP contribution in [0.25, 0.3) is 0 Å². The number of guanidine groups is 1. The Hall–Kier alpha value is -0.850. The van der Waals surface area contributed by atoms with Crippen molar-refractivity contribution in [3.63, 3.8) is 0 Å². The van der Waals surface area contributed by atoms with Crippen molar-refractivity contribution in [3.8, 4) is 0 Å². The molecule has 140 valence electrons. The fourth-order valence-electron chi connectivity index (χ4n) is 2.64. The molecule has 1 aliphatic heterocycles. The normalized spacial score (nSPS) is 19.5. The quantitative estimate of drug-likeness (QED) is 0.322. The fraction of sp³-hybridized carbons (Fsp3) is 0.944. The highest BCUT2D eigenvalue weighted by atomic mass is 16.5. The second kappa shape index (κ2) is 12.5. The fourth-order valence-corrected chi connectivity index (χ4v) is 2.64. The summed E-state index contributed by atoms with van der Waals surface area (Å²) >= 11 is 0. The van der Waals surface area contributed by atoms with Gasteiger partial charge in [-0.1, -0.05) is 0 Å². The van der Waals surface area contributed by atoms with Crippen molar-refractivity contribution in [2.75, 3.05) is 59.3 Å². The van der Waals surface area contributed by atoms with Crippen LogP contribution in [-0.4, -0.2) is 65.2 Å². The Morgan fingerprint density at radius 3 is 2.42 bits per heavy atom. The van der Waals surface area contributed by atoms with Gasteiger partial charge in [-0.3, -0.25) is 4.99 Å². The molecule has 0 aromatic heterocycles. The number of rotatable bonds is 12. The minimum absolute atomic E-state index is 0.678. The van der Waals surface area contributed by atoms with Gasteiger partial charge in [-0.2, -0.15) is 0 Å². The molecule has 0 amide bonds. The molecule has 1 saturated carbocycles. The van der Waals surface area contributed by atoms with Gasteiger partial charge in [-0.25, -0.2) is 0 Å². The van der Waals surface area contributed by atoms with Crippen molar-refractivity contribution in [1.29, 1.82) is 0 Å². The third-order valence-electron chi connectivity index (χ3n) is 4.34. The summed E-state index contributed by atoms with van der Waals surface area (Å²) < 4.78 is 16.8. The Morgan fingerprint density at radius 2 is 1.71 bits per heavy atom. The van der Waals surface area contributed by atoms with Crippen molar-refractivity contribution in [3.05, 3.63) is 0 Å². The minimum Gasteiger partial charge on any atom is -0.381 e. The predicted molar refractivity (Wildman–Crippen MR) is 96.5 cm³/mol. The predicted octanol–water partition coefficient (Wildman–Crippen LogP) is 1.80. The molecule has 0 aromatic carbocycles. The molecule has 2 rings (SSSR count). The van der Waals surface area contributed by atoms with Crippen molar-refractivity contribution in [2.24, 2.45) is 16.8 Å². The van der Waals surface area contributed by atoms with Gasteiger partial charge < -0.3 is 24.8 Å². The maximum atomic E-state index is 5.77. The van der Waals surface area contributed by atoms with E-state index in [9.17, 15) is 0 Å². The first-order valence-electron chi connectivity index (χ1n) is 9.64. The van der Waals surface area contributed by atoms with Gasteiger partial charge in [0.15, 0.2) is 5.96 Å². The summed E-state index contributed by atoms with van der Waals surface area (Å²) in [5.41, 5.74) is 0. The highest BCUT2D eigenvalue weighted by molar-refractivity contribution is 5.79. The van der Waals surface area contributed by atoms with E-state index in [2.05, 4.69) is 22.5 Å². The molecule has 6 heteroatoms. The molecule has 0 aromatic rings. The van der Waals surface area contributed by atoms with E-state index in [1.807, 2.05) is 0 Å². The van der Waals surface area contributed by atoms with Crippen LogP contribution in [0, 0.1) is 11.8 Å². The lowest BCUT2D eigenvalue weighted by Crippen LogP contribution is -2.39. The molecule has 0 radical (unpaired) electrons. The second-order valence-electron chi connectivity index (χ2n) is 6.69. The zero-order chi connectivity index (χ0) is 16.9. The van der Waals surface area contributed by atoms with Gasteiger partial charge in [0, 0.05) is 52.7 Å². The third kappa shape index (κ3) is 9.45. The Kier molecular flexibility index (Phi) is 10.1. The molecule has 1 aliphatic carbocycles. The van der Waals surface area contributed by atoms with E-state index in [4.69, 9.17) is 14.2 Å². The molecule has 2 aliphatic rings. The highest BCUT2D eigenvalue weighted by Gasteiger charge is 2.20. The van der Waals surface area contributed by atoms with Crippen LogP contribution in [0.5, 0.6) is 0 Å². The van der Waals surface area contributed by atoms with Gasteiger partial charge >= 0.3 is 0 Å². The van der Waals surface area contributed by atoms with E-state index in [0.717, 1.165) is 90.4 Å². The molecule has 24 heavy (non-hydrogen) atoms. The lowest BCUT2D eigenvalue weighted by atomic mass is 10.0. The van der Waals surface area contributed by atoms with Gasteiger partial charge in [0.2, 0.25) is 0 Å². The van der Waals surface area contributed by atoms with Crippen LogP contribution in [0.2, 0.25) is 0 Å². The van der Waals surface area contributed by atoms with Crippen LogP contribution in [0.15, 0.2) is 4.99 Å². The van der Waals surface area contributed by atoms with Crippen LogP contribution in [0.1, 0.15) is 39.0 Å². The van der Waals surface area contributed by atoms with E-state index >= 15 is 0 Å². The smallest absolute Gasteiger partial charge is 0.191 e. The van der Waals surface area contributed by atoms with E-state index in [0.29, 0.717) is 5.92 Å². The summed E-state index contributed by atoms with van der Waals surface area (Å²) in [6, 6.07) is 0. The SMILES string of the molecule is CCNC(=NCCCOCC1CCOCC1)NCCOCC1CC1. The number of aliphatic imine (C=N–C) groups is 1. The highest BCUT2D eigenvalue weighted by Crippen LogP contribution is 2.28. The average molecular weight is 341 g/mol. The van der Waals surface area contributed by atoms with Crippen molar-refractivity contribution < 1.29 is 14.2 Å². The van der Waals surface area contributed by atoms with Gasteiger partial charge in [-0.15, -0.1) is 0 Å². The van der Waals surface area contributed by atoms with Crippen LogP contribution >= 0.6 is 0 Å². The lowest BCUT2D eigenvalue weighted by molar-refractivity contribution is 0.0205. The molecule has 0 spiro atoms. The summed E-state index contributed by atoms with van der Waals surface area (Å²) in [6.07, 6.45) is 5.91. The van der Waals surface area contributed by atoms with Crippen LogP contribution in [0.3, 0.4) is 0 Å². The standard InChI is InChI=1S/C18H35N3O3/c1-2-19-18(21-9-13-24-14-16-4-5-16)20-8-3-10-23-15-17-6-11-22-12-7-17/h16-17H,2-15H2,1H3,(H2,19,20,21). The molecule has 2 N–H and O–H groups in total. The van der Waals surface area contributed by atoms with Gasteiger partial charge in [-0.05, 0) is 50.9 Å². The first kappa shape index (κ1) is 19.5. The number of hydrogen-bond donors (Lipinski definition) is 2. The molecule has 1 heterocycles. The van der Waals surface area contributed by atoms with Crippen LogP contribution in [0.4, 0.5) is 0 Å². The van der Waals surface area contributed by atoms with Gasteiger partial charge in [0.25, 0.3) is 0 Å². The van der Waals surface area contributed by atoms with Crippen molar-refractivity contribution in [1.82, 2.24) is 10.6 Å². The van der Waals surface area contributed by atoms with Gasteiger partial charge in [0.1, 0.15) is 0 Å². The Bertz CT molecular complexity index is 342. The Labute approximate surface area is 146 Å². The average Bonchev–Trinajstić information content (AvgIpc) is 3.42. The monoisotopic (exact) mass is 341 g/mol. The summed E-state index contributed by atoms with van der Waals surface area (Å²) in [5.74, 6) is 2.38. The maximum absolute atomic E-state index is 5.77. The van der Waals surface area contributed by atoms with Crippen molar-refractivity contribution in [2.45, 2.75) is 39.0 Å². The minimum atomic E-state index is 0.678. The number of nitrogens with zero attached hydrogens (tertiary/aromatic N) is 1. The summed E-state index contributed by atoms with van der Waals surface area (Å²) in [6.45, 7) is 9.63. The number of ether oxygens (including phenoxy) is 3. The molecule has 0 unspecified atom stereocenters. The molecular formula is C18H35N3O3. The van der Waals surface area contributed by atoms with Crippen LogP contribution in [-0.2, 0) is 14.2 Å². The number of hydrogen-bond acceptors (Lipinski definition) is 4. The van der Waals surface area contributed by atoms with E-state index in [-0.39, 0.29) is 0 Å². The molecule has 6 nitrogen and oxygen atoms in total. The summed E-state index contributed by atoms with van der Waals surface area (Å²) in [4.78, 5) is 4.58. The summed E-state index contributed by atoms with van der Waals surface area (Å²) in [7, 11) is 0. The van der Waals surface area contributed by atoms with E-state index in [1.165, 1.54) is 12.8 Å². The molecule has 2 fully saturated rings. The molecular weight excluding hydrogens is 306 g/mol. The first-order chi connectivity index (χ1) is 11.9. The first-order valence-corrected chi connectivity index (χ1v) is 9.64. The summed E-state index contributed by atoms with van der Waals surface area (Å²) in [5, 5.41) is 6.58. The van der Waals surface area contributed by atoms with E-state index in [1.54, 1.807) is 0 Å². The van der Waals surface area contributed by atoms with Crippen LogP contribution < -0.4 is 10.6 Å². The largest absolute Gasteiger partial charge is 0.381 e. The topological polar surface area (TPSA) is 64.1 Å². The third-order valence-corrected chi connectivity index (χ3v) is 4.34. The Balaban J connectivity index is 1.46. The number of nitrogens with one attached hydrogen (secondary N) is 2. The molecule has 1 saturated heterocycles. The van der Waals surface area contributed by atoms with Gasteiger partial charge in [0.05, 0.1) is 6.61 Å². The van der Waals surface area contributed by atoms with Crippen molar-refractivity contribution >= 4 is 5.96 Å². The maximum Gasteiger partial charge on any atom is 0.191 e. The zero-order valence-corrected chi connectivity index (χ0v) is 15.2. The molecule has 0 bridgehead atoms. The molecule has 0 atom stereocenters. The Morgan fingerprint density at radius 1 is 1.00 bits per heavy atom. The lowest BCUT2D eigenvalue weighted by Gasteiger charge is -2.21. The second-order valence-corrected chi connectivity index (χ2v) is 6.69.